The van der Waals surface area contributed by atoms with Gasteiger partial charge in [-0.2, -0.15) is 0 Å². The molecule has 0 aliphatic heterocycles. The largest absolute Gasteiger partial charge is 0.385 e. The van der Waals surface area contributed by atoms with E-state index < -0.39 is 0 Å². The summed E-state index contributed by atoms with van der Waals surface area (Å²) in [6.07, 6.45) is 7.70. The summed E-state index contributed by atoms with van der Waals surface area (Å²) in [4.78, 5) is 0. The fourth-order valence-corrected chi connectivity index (χ4v) is 2.33. The van der Waals surface area contributed by atoms with E-state index in [1.165, 1.54) is 38.5 Å². The smallest absolute Gasteiger partial charge is 0.0462 e. The first kappa shape index (κ1) is 10.3. The van der Waals surface area contributed by atoms with Gasteiger partial charge in [-0.05, 0) is 31.6 Å². The van der Waals surface area contributed by atoms with Gasteiger partial charge in [0, 0.05) is 19.1 Å². The molecule has 0 saturated heterocycles. The van der Waals surface area contributed by atoms with Crippen molar-refractivity contribution >= 4 is 11.6 Å². The summed E-state index contributed by atoms with van der Waals surface area (Å²) in [5.74, 6) is 0.907. The van der Waals surface area contributed by atoms with Crippen molar-refractivity contribution in [3.63, 3.8) is 0 Å². The van der Waals surface area contributed by atoms with E-state index in [9.17, 15) is 0 Å². The van der Waals surface area contributed by atoms with Crippen LogP contribution in [0.15, 0.2) is 0 Å². The Morgan fingerprint density at radius 1 is 1.33 bits per heavy atom. The zero-order valence-corrected chi connectivity index (χ0v) is 8.65. The molecule has 2 unspecified atom stereocenters. The molecule has 1 saturated carbocycles. The third-order valence-electron chi connectivity index (χ3n) is 2.69. The summed E-state index contributed by atoms with van der Waals surface area (Å²) in [5, 5.41) is 0.470. The molecule has 0 N–H and O–H groups in total. The Morgan fingerprint density at radius 3 is 2.75 bits per heavy atom. The van der Waals surface area contributed by atoms with Gasteiger partial charge in [-0.3, -0.25) is 0 Å². The molecule has 1 rings (SSSR count). The lowest BCUT2D eigenvalue weighted by atomic mass is 10.0. The fourth-order valence-electron chi connectivity index (χ4n) is 1.96. The van der Waals surface area contributed by atoms with E-state index in [1.54, 1.807) is 7.11 Å². The van der Waals surface area contributed by atoms with Gasteiger partial charge in [-0.25, -0.2) is 0 Å². The van der Waals surface area contributed by atoms with Crippen molar-refractivity contribution in [3.8, 4) is 0 Å². The molecule has 1 nitrogen and oxygen atoms in total. The Kier molecular flexibility index (Phi) is 5.01. The van der Waals surface area contributed by atoms with Crippen LogP contribution in [-0.4, -0.2) is 19.1 Å². The van der Waals surface area contributed by atoms with Gasteiger partial charge in [0.15, 0.2) is 0 Å². The lowest BCUT2D eigenvalue weighted by Gasteiger charge is -2.07. The zero-order valence-electron chi connectivity index (χ0n) is 7.89. The van der Waals surface area contributed by atoms with Gasteiger partial charge < -0.3 is 4.74 Å². The van der Waals surface area contributed by atoms with Crippen LogP contribution >= 0.6 is 11.6 Å². The van der Waals surface area contributed by atoms with Crippen molar-refractivity contribution < 1.29 is 4.74 Å². The van der Waals surface area contributed by atoms with Crippen molar-refractivity contribution in [2.45, 2.75) is 43.9 Å². The molecule has 0 amide bonds. The molecule has 1 aliphatic rings. The van der Waals surface area contributed by atoms with Crippen LogP contribution < -0.4 is 0 Å². The van der Waals surface area contributed by atoms with Crippen LogP contribution in [0.4, 0.5) is 0 Å². The number of halogens is 1. The molecule has 0 radical (unpaired) electrons. The van der Waals surface area contributed by atoms with Crippen molar-refractivity contribution in [1.29, 1.82) is 0 Å². The lowest BCUT2D eigenvalue weighted by Crippen LogP contribution is -1.97. The van der Waals surface area contributed by atoms with Crippen molar-refractivity contribution in [2.75, 3.05) is 13.7 Å². The van der Waals surface area contributed by atoms with E-state index in [0.717, 1.165) is 12.5 Å². The standard InChI is InChI=1S/C10H19ClO/c1-12-7-3-2-4-9-5-6-10(11)8-9/h9-10H,2-8H2,1H3. The first-order valence-electron chi connectivity index (χ1n) is 4.96. The number of hydrogen-bond acceptors (Lipinski definition) is 1. The molecule has 0 spiro atoms. The van der Waals surface area contributed by atoms with Crippen LogP contribution in [0.3, 0.4) is 0 Å². The summed E-state index contributed by atoms with van der Waals surface area (Å²) in [7, 11) is 1.77. The van der Waals surface area contributed by atoms with Crippen LogP contribution in [0.25, 0.3) is 0 Å². The third kappa shape index (κ3) is 3.77. The Morgan fingerprint density at radius 2 is 2.17 bits per heavy atom. The van der Waals surface area contributed by atoms with Crippen molar-refractivity contribution in [2.24, 2.45) is 5.92 Å². The zero-order chi connectivity index (χ0) is 8.81. The SMILES string of the molecule is COCCCCC1CCC(Cl)C1. The van der Waals surface area contributed by atoms with Gasteiger partial charge in [0.25, 0.3) is 0 Å². The molecule has 0 aromatic heterocycles. The summed E-state index contributed by atoms with van der Waals surface area (Å²) in [6.45, 7) is 0.914. The number of hydrogen-bond donors (Lipinski definition) is 0. The highest BCUT2D eigenvalue weighted by atomic mass is 35.5. The maximum Gasteiger partial charge on any atom is 0.0462 e. The molecule has 1 aliphatic carbocycles. The first-order chi connectivity index (χ1) is 5.83. The second-order valence-corrected chi connectivity index (χ2v) is 4.38. The maximum atomic E-state index is 6.02. The highest BCUT2D eigenvalue weighted by molar-refractivity contribution is 6.20. The summed E-state index contributed by atoms with van der Waals surface area (Å²) in [5.41, 5.74) is 0. The van der Waals surface area contributed by atoms with Crippen LogP contribution in [0.1, 0.15) is 38.5 Å². The maximum absolute atomic E-state index is 6.02. The normalized spacial score (nSPS) is 29.5. The predicted octanol–water partition coefficient (Wildman–Crippen LogP) is 3.21. The average molecular weight is 191 g/mol. The molecular formula is C10H19ClO. The van der Waals surface area contributed by atoms with Crippen molar-refractivity contribution in [3.05, 3.63) is 0 Å². The number of rotatable bonds is 5. The number of unbranched alkanes of at least 4 members (excludes halogenated alkanes) is 1. The number of methoxy groups -OCH3 is 1. The highest BCUT2D eigenvalue weighted by Gasteiger charge is 2.21. The Bertz CT molecular complexity index is 116. The molecule has 0 aromatic rings. The van der Waals surface area contributed by atoms with E-state index in [-0.39, 0.29) is 0 Å². The Balaban J connectivity index is 1.93. The van der Waals surface area contributed by atoms with Gasteiger partial charge in [-0.15, -0.1) is 11.6 Å². The summed E-state index contributed by atoms with van der Waals surface area (Å²) in [6, 6.07) is 0. The van der Waals surface area contributed by atoms with Gasteiger partial charge in [0.05, 0.1) is 0 Å². The fraction of sp³-hybridized carbons (Fsp3) is 1.00. The predicted molar refractivity (Wildman–Crippen MR) is 52.7 cm³/mol. The van der Waals surface area contributed by atoms with Gasteiger partial charge in [0.1, 0.15) is 0 Å². The quantitative estimate of drug-likeness (QED) is 0.478. The molecule has 12 heavy (non-hydrogen) atoms. The lowest BCUT2D eigenvalue weighted by molar-refractivity contribution is 0.190. The molecular weight excluding hydrogens is 172 g/mol. The Hall–Kier alpha value is 0.250. The van der Waals surface area contributed by atoms with Crippen LogP contribution in [-0.2, 0) is 4.74 Å². The highest BCUT2D eigenvalue weighted by Crippen LogP contribution is 2.32. The number of ether oxygens (including phenoxy) is 1. The number of alkyl halides is 1. The second-order valence-electron chi connectivity index (χ2n) is 3.76. The van der Waals surface area contributed by atoms with E-state index in [4.69, 9.17) is 16.3 Å². The van der Waals surface area contributed by atoms with Gasteiger partial charge >= 0.3 is 0 Å². The monoisotopic (exact) mass is 190 g/mol. The molecule has 1 fully saturated rings. The van der Waals surface area contributed by atoms with E-state index >= 15 is 0 Å². The minimum absolute atomic E-state index is 0.470. The summed E-state index contributed by atoms with van der Waals surface area (Å²) < 4.78 is 5.00. The minimum Gasteiger partial charge on any atom is -0.385 e. The van der Waals surface area contributed by atoms with Crippen LogP contribution in [0, 0.1) is 5.92 Å². The molecule has 0 bridgehead atoms. The minimum atomic E-state index is 0.470. The van der Waals surface area contributed by atoms with E-state index in [0.29, 0.717) is 5.38 Å². The van der Waals surface area contributed by atoms with Gasteiger partial charge in [-0.1, -0.05) is 12.8 Å². The first-order valence-corrected chi connectivity index (χ1v) is 5.39. The average Bonchev–Trinajstić information content (AvgIpc) is 2.45. The molecule has 2 atom stereocenters. The molecule has 0 aromatic carbocycles. The molecule has 72 valence electrons. The molecule has 0 heterocycles. The second kappa shape index (κ2) is 5.82. The molecule has 2 heteroatoms. The van der Waals surface area contributed by atoms with E-state index in [1.807, 2.05) is 0 Å². The third-order valence-corrected chi connectivity index (χ3v) is 3.08. The van der Waals surface area contributed by atoms with Crippen LogP contribution in [0.2, 0.25) is 0 Å². The van der Waals surface area contributed by atoms with Crippen LogP contribution in [0.5, 0.6) is 0 Å². The Labute approximate surface area is 80.4 Å². The van der Waals surface area contributed by atoms with Crippen molar-refractivity contribution in [1.82, 2.24) is 0 Å². The topological polar surface area (TPSA) is 9.23 Å². The van der Waals surface area contributed by atoms with E-state index in [2.05, 4.69) is 0 Å². The van der Waals surface area contributed by atoms with Gasteiger partial charge in [0.2, 0.25) is 0 Å². The summed E-state index contributed by atoms with van der Waals surface area (Å²) >= 11 is 6.02.